The van der Waals surface area contributed by atoms with Crippen LogP contribution in [0.15, 0.2) is 224 Å². The lowest BCUT2D eigenvalue weighted by molar-refractivity contribution is 1.28. The third kappa shape index (κ3) is 5.94. The maximum absolute atomic E-state index is 2.45. The Hall–Kier alpha value is -7.26. The van der Waals surface area contributed by atoms with Gasteiger partial charge >= 0.3 is 0 Å². The fourth-order valence-electron chi connectivity index (χ4n) is 8.69. The lowest BCUT2D eigenvalue weighted by atomic mass is 9.94. The van der Waals surface area contributed by atoms with Crippen molar-refractivity contribution >= 4 is 70.1 Å². The van der Waals surface area contributed by atoms with E-state index in [2.05, 4.69) is 229 Å². The van der Waals surface area contributed by atoms with Gasteiger partial charge in [-0.15, -0.1) is 11.3 Å². The predicted octanol–water partition coefficient (Wildman–Crippen LogP) is 16.5. The molecule has 2 heteroatoms. The highest BCUT2D eigenvalue weighted by atomic mass is 32.1. The minimum absolute atomic E-state index is 1.10. The molecule has 0 saturated heterocycles. The van der Waals surface area contributed by atoms with E-state index in [1.807, 2.05) is 11.3 Å². The van der Waals surface area contributed by atoms with Crippen molar-refractivity contribution in [1.29, 1.82) is 0 Å². The van der Waals surface area contributed by atoms with Crippen LogP contribution in [0.25, 0.3) is 86.2 Å². The molecule has 1 nitrogen and oxygen atoms in total. The van der Waals surface area contributed by atoms with Crippen LogP contribution in [0.4, 0.5) is 17.1 Å². The fraction of sp³-hybridized carbons (Fsp3) is 0. The van der Waals surface area contributed by atoms with Gasteiger partial charge in [-0.05, 0) is 91.3 Å². The molecule has 0 fully saturated rings. The van der Waals surface area contributed by atoms with Crippen molar-refractivity contribution in [2.45, 2.75) is 0 Å². The number of fused-ring (bicyclic) bond motifs is 5. The minimum Gasteiger partial charge on any atom is -0.309 e. The summed E-state index contributed by atoms with van der Waals surface area (Å²) < 4.78 is 2.61. The largest absolute Gasteiger partial charge is 0.309 e. The van der Waals surface area contributed by atoms with Gasteiger partial charge in [-0.1, -0.05) is 188 Å². The summed E-state index contributed by atoms with van der Waals surface area (Å²) in [5.74, 6) is 0. The van der Waals surface area contributed by atoms with Gasteiger partial charge in [-0.25, -0.2) is 0 Å². The Morgan fingerprint density at radius 1 is 0.276 bits per heavy atom. The van der Waals surface area contributed by atoms with Crippen molar-refractivity contribution in [2.75, 3.05) is 4.90 Å². The van der Waals surface area contributed by atoms with Gasteiger partial charge in [0.05, 0.1) is 11.4 Å². The average Bonchev–Trinajstić information content (AvgIpc) is 3.67. The smallest absolute Gasteiger partial charge is 0.0540 e. The molecule has 0 bridgehead atoms. The van der Waals surface area contributed by atoms with Gasteiger partial charge in [0.25, 0.3) is 0 Å². The van der Waals surface area contributed by atoms with Gasteiger partial charge in [0.15, 0.2) is 0 Å². The molecule has 0 aliphatic heterocycles. The van der Waals surface area contributed by atoms with Crippen LogP contribution < -0.4 is 4.90 Å². The molecular weight excluding hydrogens is 719 g/mol. The quantitative estimate of drug-likeness (QED) is 0.157. The Kier molecular flexibility index (Phi) is 8.42. The standard InChI is InChI=1S/C56H37NS/c1-3-17-45-40(13-1)15-11-22-46(45)42-29-27-38(28-30-42)39-31-34-44(35-32-39)57(54-25-9-6-20-50(54)49-23-12-16-41-14-2-4-18-47(41)49)53-24-8-5-19-48(53)43-33-36-52-51-21-7-10-26-55(51)58-56(52)37-43/h1-37H. The summed E-state index contributed by atoms with van der Waals surface area (Å²) >= 11 is 1.86. The van der Waals surface area contributed by atoms with Crippen molar-refractivity contribution in [3.63, 3.8) is 0 Å². The number of nitrogens with zero attached hydrogens (tertiary/aromatic N) is 1. The van der Waals surface area contributed by atoms with E-state index in [-0.39, 0.29) is 0 Å². The van der Waals surface area contributed by atoms with Crippen LogP contribution in [0.5, 0.6) is 0 Å². The summed E-state index contributed by atoms with van der Waals surface area (Å²) in [6.07, 6.45) is 0. The van der Waals surface area contributed by atoms with Gasteiger partial charge in [0.1, 0.15) is 0 Å². The van der Waals surface area contributed by atoms with Crippen LogP contribution in [-0.4, -0.2) is 0 Å². The molecule has 58 heavy (non-hydrogen) atoms. The molecule has 0 unspecified atom stereocenters. The van der Waals surface area contributed by atoms with E-state index in [9.17, 15) is 0 Å². The Morgan fingerprint density at radius 3 is 1.47 bits per heavy atom. The van der Waals surface area contributed by atoms with E-state index >= 15 is 0 Å². The average molecular weight is 756 g/mol. The van der Waals surface area contributed by atoms with Crippen LogP contribution in [0.1, 0.15) is 0 Å². The SMILES string of the molecule is c1ccc(N(c2ccc(-c3ccc(-c4cccc5ccccc45)cc3)cc2)c2ccccc2-c2cccc3ccccc23)c(-c2ccc3c(c2)sc2ccccc23)c1. The summed E-state index contributed by atoms with van der Waals surface area (Å²) in [6.45, 7) is 0. The molecule has 0 aliphatic rings. The first-order chi connectivity index (χ1) is 28.8. The van der Waals surface area contributed by atoms with E-state index in [1.54, 1.807) is 0 Å². The third-order valence-corrected chi connectivity index (χ3v) is 12.6. The molecule has 0 amide bonds. The van der Waals surface area contributed by atoms with E-state index < -0.39 is 0 Å². The van der Waals surface area contributed by atoms with E-state index in [0.29, 0.717) is 0 Å². The van der Waals surface area contributed by atoms with Crippen molar-refractivity contribution in [3.05, 3.63) is 224 Å². The minimum atomic E-state index is 1.10. The van der Waals surface area contributed by atoms with Crippen molar-refractivity contribution < 1.29 is 0 Å². The summed E-state index contributed by atoms with van der Waals surface area (Å²) in [7, 11) is 0. The highest BCUT2D eigenvalue weighted by Crippen LogP contribution is 2.47. The van der Waals surface area contributed by atoms with Crippen LogP contribution in [0.2, 0.25) is 0 Å². The first kappa shape index (κ1) is 34.0. The molecular formula is C56H37NS. The first-order valence-corrected chi connectivity index (χ1v) is 20.7. The zero-order chi connectivity index (χ0) is 38.4. The number of benzene rings is 10. The molecule has 0 saturated carbocycles. The van der Waals surface area contributed by atoms with Crippen molar-refractivity contribution in [3.8, 4) is 44.5 Å². The van der Waals surface area contributed by atoms with Crippen LogP contribution in [-0.2, 0) is 0 Å². The van der Waals surface area contributed by atoms with Crippen LogP contribution >= 0.6 is 11.3 Å². The number of para-hydroxylation sites is 2. The Balaban J connectivity index is 1.05. The Labute approximate surface area is 342 Å². The number of rotatable bonds is 7. The normalized spacial score (nSPS) is 11.4. The van der Waals surface area contributed by atoms with Gasteiger partial charge in [0, 0.05) is 37.0 Å². The molecule has 0 radical (unpaired) electrons. The lowest BCUT2D eigenvalue weighted by Crippen LogP contribution is -2.12. The zero-order valence-corrected chi connectivity index (χ0v) is 32.5. The van der Waals surface area contributed by atoms with Gasteiger partial charge in [-0.2, -0.15) is 0 Å². The molecule has 1 aromatic heterocycles. The molecule has 11 aromatic rings. The second kappa shape index (κ2) is 14.4. The van der Waals surface area contributed by atoms with Crippen LogP contribution in [0, 0.1) is 0 Å². The lowest BCUT2D eigenvalue weighted by Gasteiger charge is -2.30. The first-order valence-electron chi connectivity index (χ1n) is 19.8. The summed E-state index contributed by atoms with van der Waals surface area (Å²) in [4.78, 5) is 2.45. The Morgan fingerprint density at radius 2 is 0.741 bits per heavy atom. The molecule has 272 valence electrons. The Bertz CT molecular complexity index is 3270. The van der Waals surface area contributed by atoms with Gasteiger partial charge < -0.3 is 4.90 Å². The van der Waals surface area contributed by atoms with Crippen molar-refractivity contribution in [1.82, 2.24) is 0 Å². The molecule has 10 aromatic carbocycles. The monoisotopic (exact) mass is 755 g/mol. The maximum Gasteiger partial charge on any atom is 0.0540 e. The molecule has 0 N–H and O–H groups in total. The van der Waals surface area contributed by atoms with Gasteiger partial charge in [-0.3, -0.25) is 0 Å². The van der Waals surface area contributed by atoms with Crippen molar-refractivity contribution in [2.24, 2.45) is 0 Å². The second-order valence-electron chi connectivity index (χ2n) is 14.9. The number of hydrogen-bond acceptors (Lipinski definition) is 2. The summed E-state index contributed by atoms with van der Waals surface area (Å²) in [5.41, 5.74) is 13.0. The molecule has 0 aliphatic carbocycles. The topological polar surface area (TPSA) is 3.24 Å². The predicted molar refractivity (Wildman–Crippen MR) is 251 cm³/mol. The van der Waals surface area contributed by atoms with E-state index in [4.69, 9.17) is 0 Å². The highest BCUT2D eigenvalue weighted by Gasteiger charge is 2.21. The molecule has 0 spiro atoms. The van der Waals surface area contributed by atoms with E-state index in [1.165, 1.54) is 86.2 Å². The zero-order valence-electron chi connectivity index (χ0n) is 31.7. The third-order valence-electron chi connectivity index (χ3n) is 11.5. The fourth-order valence-corrected chi connectivity index (χ4v) is 9.84. The molecule has 11 rings (SSSR count). The van der Waals surface area contributed by atoms with Crippen LogP contribution in [0.3, 0.4) is 0 Å². The molecule has 1 heterocycles. The van der Waals surface area contributed by atoms with E-state index in [0.717, 1.165) is 17.1 Å². The van der Waals surface area contributed by atoms with Gasteiger partial charge in [0.2, 0.25) is 0 Å². The maximum atomic E-state index is 2.45. The number of anilines is 3. The summed E-state index contributed by atoms with van der Waals surface area (Å²) in [6, 6.07) is 82.0. The number of hydrogen-bond donors (Lipinski definition) is 0. The molecule has 0 atom stereocenters. The second-order valence-corrected chi connectivity index (χ2v) is 15.9. The number of thiophene rings is 1. The summed E-state index contributed by atoms with van der Waals surface area (Å²) in [5, 5.41) is 7.62. The highest BCUT2D eigenvalue weighted by molar-refractivity contribution is 7.25.